The normalized spacial score (nSPS) is 15.3. The second-order valence-corrected chi connectivity index (χ2v) is 7.50. The molecule has 2 aromatic carbocycles. The summed E-state index contributed by atoms with van der Waals surface area (Å²) in [5.41, 5.74) is 18.9. The molecule has 150 valence electrons. The van der Waals surface area contributed by atoms with Crippen LogP contribution in [-0.2, 0) is 0 Å². The van der Waals surface area contributed by atoms with E-state index in [2.05, 4.69) is 21.3 Å². The fourth-order valence-corrected chi connectivity index (χ4v) is 3.69. The molecule has 1 fully saturated rings. The first kappa shape index (κ1) is 22.5. The van der Waals surface area contributed by atoms with Crippen molar-refractivity contribution < 1.29 is 23.3 Å². The molecule has 0 atom stereocenters. The van der Waals surface area contributed by atoms with Crippen LogP contribution in [0.1, 0.15) is 17.5 Å². The Morgan fingerprint density at radius 1 is 1.03 bits per heavy atom. The third kappa shape index (κ3) is 4.74. The van der Waals surface area contributed by atoms with E-state index in [1.807, 2.05) is 18.3 Å². The SMILES string of the molecule is [Li+].[NH-]/C(=C(\[NH-])c1cc(Cl)ccc1F)c1ccc2ncc(N3CCCNCC3)cc2c1. The van der Waals surface area contributed by atoms with Crippen molar-refractivity contribution in [3.63, 3.8) is 0 Å². The molecule has 0 radical (unpaired) electrons. The third-order valence-electron chi connectivity index (χ3n) is 5.11. The van der Waals surface area contributed by atoms with Crippen molar-refractivity contribution in [1.82, 2.24) is 10.3 Å². The van der Waals surface area contributed by atoms with Crippen LogP contribution in [0.4, 0.5) is 10.1 Å². The summed E-state index contributed by atoms with van der Waals surface area (Å²) in [4.78, 5) is 6.85. The fourth-order valence-electron chi connectivity index (χ4n) is 3.52. The van der Waals surface area contributed by atoms with Gasteiger partial charge in [0.2, 0.25) is 0 Å². The van der Waals surface area contributed by atoms with Gasteiger partial charge in [0.05, 0.1) is 17.4 Å². The minimum Gasteiger partial charge on any atom is -0.699 e. The first-order chi connectivity index (χ1) is 14.0. The zero-order chi connectivity index (χ0) is 20.4. The van der Waals surface area contributed by atoms with Gasteiger partial charge in [0, 0.05) is 30.0 Å². The Hall–Kier alpha value is -2.23. The molecule has 0 saturated carbocycles. The summed E-state index contributed by atoms with van der Waals surface area (Å²) in [5.74, 6) is -0.566. The maximum absolute atomic E-state index is 14.1. The molecule has 2 heterocycles. The monoisotopic (exact) mass is 416 g/mol. The molecule has 5 nitrogen and oxygen atoms in total. The summed E-state index contributed by atoms with van der Waals surface area (Å²) in [6.45, 7) is 3.84. The molecule has 0 aliphatic carbocycles. The zero-order valence-electron chi connectivity index (χ0n) is 16.8. The Bertz CT molecular complexity index is 1080. The molecule has 1 saturated heterocycles. The molecule has 3 N–H and O–H groups in total. The van der Waals surface area contributed by atoms with Gasteiger partial charge in [-0.15, -0.1) is 11.4 Å². The second-order valence-electron chi connectivity index (χ2n) is 7.07. The van der Waals surface area contributed by atoms with Crippen molar-refractivity contribution in [2.45, 2.75) is 6.42 Å². The van der Waals surface area contributed by atoms with E-state index < -0.39 is 5.82 Å². The molecular weight excluding hydrogens is 396 g/mol. The smallest absolute Gasteiger partial charge is 0.699 e. The van der Waals surface area contributed by atoms with Gasteiger partial charge in [0.25, 0.3) is 0 Å². The van der Waals surface area contributed by atoms with Gasteiger partial charge in [0.15, 0.2) is 0 Å². The average Bonchev–Trinajstić information content (AvgIpc) is 3.03. The topological polar surface area (TPSA) is 75.8 Å². The number of nitrogens with one attached hydrogen (secondary N) is 3. The van der Waals surface area contributed by atoms with Crippen LogP contribution in [0.3, 0.4) is 0 Å². The minimum absolute atomic E-state index is 0. The van der Waals surface area contributed by atoms with Crippen LogP contribution in [0.25, 0.3) is 33.8 Å². The van der Waals surface area contributed by atoms with E-state index in [4.69, 9.17) is 23.1 Å². The standard InChI is InChI=1S/C22H21ClFN5.Li/c23-16-3-4-19(24)18(12-16)22(26)21(25)14-2-5-20-15(10-14)11-17(13-28-20)29-8-1-6-27-7-9-29;/h2-5,10-13,25-27H,1,6-9H2;/q-2;+1/b22-21-;. The van der Waals surface area contributed by atoms with Crippen molar-refractivity contribution in [2.75, 3.05) is 31.1 Å². The predicted molar refractivity (Wildman–Crippen MR) is 118 cm³/mol. The number of fused-ring (bicyclic) bond motifs is 1. The average molecular weight is 417 g/mol. The maximum atomic E-state index is 14.1. The van der Waals surface area contributed by atoms with Crippen LogP contribution in [0.15, 0.2) is 48.7 Å². The van der Waals surface area contributed by atoms with E-state index in [1.54, 1.807) is 6.07 Å². The molecule has 1 aromatic heterocycles. The maximum Gasteiger partial charge on any atom is 1.00 e. The van der Waals surface area contributed by atoms with Crippen LogP contribution in [0.2, 0.25) is 5.02 Å². The van der Waals surface area contributed by atoms with Gasteiger partial charge >= 0.3 is 18.9 Å². The number of pyridine rings is 1. The van der Waals surface area contributed by atoms with Crippen molar-refractivity contribution in [3.05, 3.63) is 82.1 Å². The van der Waals surface area contributed by atoms with Gasteiger partial charge in [-0.3, -0.25) is 4.98 Å². The number of aromatic nitrogens is 1. The molecule has 8 heteroatoms. The van der Waals surface area contributed by atoms with Crippen molar-refractivity contribution >= 4 is 39.6 Å². The molecular formula is C22H21ClFLiN5-. The Labute approximate surface area is 192 Å². The number of hydrogen-bond acceptors (Lipinski definition) is 3. The number of hydrogen-bond donors (Lipinski definition) is 1. The number of halogens is 2. The van der Waals surface area contributed by atoms with E-state index in [9.17, 15) is 4.39 Å². The van der Waals surface area contributed by atoms with Gasteiger partial charge in [0.1, 0.15) is 5.82 Å². The molecule has 3 aromatic rings. The van der Waals surface area contributed by atoms with Crippen LogP contribution in [-0.4, -0.2) is 31.2 Å². The van der Waals surface area contributed by atoms with Crippen molar-refractivity contribution in [2.24, 2.45) is 0 Å². The number of rotatable bonds is 3. The van der Waals surface area contributed by atoms with Gasteiger partial charge in [-0.25, -0.2) is 4.39 Å². The number of nitrogens with zero attached hydrogens (tertiary/aromatic N) is 2. The minimum atomic E-state index is -0.566. The summed E-state index contributed by atoms with van der Waals surface area (Å²) in [6.07, 6.45) is 2.95. The van der Waals surface area contributed by atoms with Crippen LogP contribution in [0.5, 0.6) is 0 Å². The molecule has 0 amide bonds. The molecule has 0 unspecified atom stereocenters. The Kier molecular flexibility index (Phi) is 7.27. The Balaban J connectivity index is 0.00000256. The van der Waals surface area contributed by atoms with E-state index >= 15 is 0 Å². The predicted octanol–water partition coefficient (Wildman–Crippen LogP) is 2.76. The third-order valence-corrected chi connectivity index (χ3v) is 5.34. The summed E-state index contributed by atoms with van der Waals surface area (Å²) < 4.78 is 14.1. The fraction of sp³-hybridized carbons (Fsp3) is 0.227. The molecule has 0 spiro atoms. The zero-order valence-corrected chi connectivity index (χ0v) is 17.6. The Morgan fingerprint density at radius 3 is 2.70 bits per heavy atom. The summed E-state index contributed by atoms with van der Waals surface area (Å²) in [7, 11) is 0. The van der Waals surface area contributed by atoms with E-state index in [-0.39, 0.29) is 35.8 Å². The number of benzene rings is 2. The molecule has 1 aliphatic rings. The van der Waals surface area contributed by atoms with E-state index in [0.29, 0.717) is 10.6 Å². The van der Waals surface area contributed by atoms with Crippen LogP contribution >= 0.6 is 11.6 Å². The quantitative estimate of drug-likeness (QED) is 0.527. The molecule has 0 bridgehead atoms. The second kappa shape index (κ2) is 9.72. The van der Waals surface area contributed by atoms with Crippen LogP contribution < -0.4 is 29.1 Å². The molecule has 4 rings (SSSR count). The van der Waals surface area contributed by atoms with E-state index in [0.717, 1.165) is 49.2 Å². The van der Waals surface area contributed by atoms with E-state index in [1.165, 1.54) is 18.2 Å². The first-order valence-corrected chi connectivity index (χ1v) is 9.89. The summed E-state index contributed by atoms with van der Waals surface area (Å²) >= 11 is 5.94. The van der Waals surface area contributed by atoms with Crippen LogP contribution in [0, 0.1) is 5.82 Å². The number of anilines is 1. The largest absolute Gasteiger partial charge is 1.00 e. The van der Waals surface area contributed by atoms with Gasteiger partial charge < -0.3 is 21.7 Å². The first-order valence-electron chi connectivity index (χ1n) is 9.52. The molecule has 30 heavy (non-hydrogen) atoms. The van der Waals surface area contributed by atoms with Crippen molar-refractivity contribution in [1.29, 1.82) is 0 Å². The van der Waals surface area contributed by atoms with Gasteiger partial charge in [-0.2, -0.15) is 0 Å². The summed E-state index contributed by atoms with van der Waals surface area (Å²) in [6, 6.07) is 11.5. The van der Waals surface area contributed by atoms with Gasteiger partial charge in [-0.05, 0) is 60.5 Å². The van der Waals surface area contributed by atoms with Crippen molar-refractivity contribution in [3.8, 4) is 0 Å². The molecule has 1 aliphatic heterocycles. The Morgan fingerprint density at radius 2 is 1.87 bits per heavy atom. The summed E-state index contributed by atoms with van der Waals surface area (Å²) in [5, 5.41) is 4.61. The van der Waals surface area contributed by atoms with Gasteiger partial charge in [-0.1, -0.05) is 17.7 Å².